The van der Waals surface area contributed by atoms with E-state index in [4.69, 9.17) is 0 Å². The van der Waals surface area contributed by atoms with Crippen molar-refractivity contribution >= 4 is 0 Å². The van der Waals surface area contributed by atoms with Gasteiger partial charge in [-0.15, -0.1) is 0 Å². The molecule has 1 aromatic carbocycles. The van der Waals surface area contributed by atoms with Gasteiger partial charge in [0.1, 0.15) is 0 Å². The molecule has 2 heteroatoms. The molecule has 1 atom stereocenters. The number of hydrogen-bond acceptors (Lipinski definition) is 2. The first kappa shape index (κ1) is 13.6. The Morgan fingerprint density at radius 3 is 2.67 bits per heavy atom. The van der Waals surface area contributed by atoms with Crippen molar-refractivity contribution in [2.75, 3.05) is 13.2 Å². The quantitative estimate of drug-likeness (QED) is 0.837. The summed E-state index contributed by atoms with van der Waals surface area (Å²) in [7, 11) is 0. The molecule has 100 valence electrons. The van der Waals surface area contributed by atoms with Crippen molar-refractivity contribution in [1.82, 2.24) is 5.32 Å². The van der Waals surface area contributed by atoms with E-state index in [0.29, 0.717) is 12.6 Å². The van der Waals surface area contributed by atoms with Crippen molar-refractivity contribution in [3.8, 4) is 0 Å². The van der Waals surface area contributed by atoms with Gasteiger partial charge in [-0.25, -0.2) is 0 Å². The maximum Gasteiger partial charge on any atom is 0.0499 e. The lowest BCUT2D eigenvalue weighted by atomic mass is 9.87. The summed E-state index contributed by atoms with van der Waals surface area (Å²) in [6.45, 7) is 5.58. The van der Waals surface area contributed by atoms with E-state index in [2.05, 4.69) is 43.4 Å². The van der Waals surface area contributed by atoms with Crippen LogP contribution in [0.15, 0.2) is 24.3 Å². The van der Waals surface area contributed by atoms with Crippen molar-refractivity contribution in [3.63, 3.8) is 0 Å². The third-order valence-corrected chi connectivity index (χ3v) is 4.33. The molecule has 0 bridgehead atoms. The lowest BCUT2D eigenvalue weighted by molar-refractivity contribution is 0.125. The van der Waals surface area contributed by atoms with E-state index in [1.54, 1.807) is 0 Å². The second-order valence-electron chi connectivity index (χ2n) is 5.88. The Hall–Kier alpha value is -0.860. The van der Waals surface area contributed by atoms with E-state index < -0.39 is 0 Å². The Balaban J connectivity index is 1.93. The molecule has 18 heavy (non-hydrogen) atoms. The van der Waals surface area contributed by atoms with E-state index in [1.165, 1.54) is 24.0 Å². The van der Waals surface area contributed by atoms with Gasteiger partial charge < -0.3 is 10.4 Å². The summed E-state index contributed by atoms with van der Waals surface area (Å²) in [4.78, 5) is 0. The second kappa shape index (κ2) is 5.85. The van der Waals surface area contributed by atoms with E-state index in [1.807, 2.05) is 0 Å². The van der Waals surface area contributed by atoms with Gasteiger partial charge in [0.15, 0.2) is 0 Å². The Labute approximate surface area is 110 Å². The zero-order valence-electron chi connectivity index (χ0n) is 11.6. The maximum absolute atomic E-state index is 9.60. The standard InChI is InChI=1S/C16H25NO/c1-13-6-5-7-15(10-13)14(2)17-11-16(12-18)8-3-4-9-16/h5-7,10,14,17-18H,3-4,8-9,11-12H2,1-2H3. The van der Waals surface area contributed by atoms with E-state index in [-0.39, 0.29) is 5.41 Å². The first-order chi connectivity index (χ1) is 8.65. The van der Waals surface area contributed by atoms with Crippen LogP contribution in [0.25, 0.3) is 0 Å². The van der Waals surface area contributed by atoms with Crippen LogP contribution in [-0.2, 0) is 0 Å². The molecular weight excluding hydrogens is 222 g/mol. The Bertz CT molecular complexity index is 382. The zero-order chi connectivity index (χ0) is 13.0. The van der Waals surface area contributed by atoms with Gasteiger partial charge >= 0.3 is 0 Å². The highest BCUT2D eigenvalue weighted by molar-refractivity contribution is 5.24. The lowest BCUT2D eigenvalue weighted by Crippen LogP contribution is -2.36. The summed E-state index contributed by atoms with van der Waals surface area (Å²) in [5.41, 5.74) is 2.78. The maximum atomic E-state index is 9.60. The van der Waals surface area contributed by atoms with Crippen LogP contribution in [0.1, 0.15) is 49.8 Å². The number of nitrogens with one attached hydrogen (secondary N) is 1. The largest absolute Gasteiger partial charge is 0.396 e. The molecule has 0 heterocycles. The molecule has 0 radical (unpaired) electrons. The van der Waals surface area contributed by atoms with Crippen LogP contribution >= 0.6 is 0 Å². The monoisotopic (exact) mass is 247 g/mol. The fourth-order valence-corrected chi connectivity index (χ4v) is 2.94. The van der Waals surface area contributed by atoms with Gasteiger partial charge in [0, 0.05) is 24.6 Å². The highest BCUT2D eigenvalue weighted by atomic mass is 16.3. The predicted molar refractivity (Wildman–Crippen MR) is 75.6 cm³/mol. The van der Waals surface area contributed by atoms with Gasteiger partial charge in [-0.2, -0.15) is 0 Å². The number of benzene rings is 1. The van der Waals surface area contributed by atoms with Crippen LogP contribution in [0.4, 0.5) is 0 Å². The van der Waals surface area contributed by atoms with Gasteiger partial charge in [-0.1, -0.05) is 42.7 Å². The fourth-order valence-electron chi connectivity index (χ4n) is 2.94. The number of rotatable bonds is 5. The molecule has 0 aliphatic heterocycles. The summed E-state index contributed by atoms with van der Waals surface area (Å²) in [5, 5.41) is 13.2. The van der Waals surface area contributed by atoms with E-state index >= 15 is 0 Å². The van der Waals surface area contributed by atoms with E-state index in [9.17, 15) is 5.11 Å². The van der Waals surface area contributed by atoms with Crippen LogP contribution in [0.3, 0.4) is 0 Å². The zero-order valence-corrected chi connectivity index (χ0v) is 11.6. The fraction of sp³-hybridized carbons (Fsp3) is 0.625. The Morgan fingerprint density at radius 2 is 2.06 bits per heavy atom. The Kier molecular flexibility index (Phi) is 4.41. The van der Waals surface area contributed by atoms with Crippen LogP contribution in [0.2, 0.25) is 0 Å². The molecule has 0 spiro atoms. The normalized spacial score (nSPS) is 19.9. The average Bonchev–Trinajstić information content (AvgIpc) is 2.85. The molecule has 1 aliphatic rings. The first-order valence-electron chi connectivity index (χ1n) is 7.06. The third kappa shape index (κ3) is 3.12. The molecule has 1 aliphatic carbocycles. The molecule has 2 nitrogen and oxygen atoms in total. The van der Waals surface area contributed by atoms with Gasteiger partial charge in [0.25, 0.3) is 0 Å². The van der Waals surface area contributed by atoms with Crippen molar-refractivity contribution in [1.29, 1.82) is 0 Å². The predicted octanol–water partition coefficient (Wildman–Crippen LogP) is 3.20. The van der Waals surface area contributed by atoms with Crippen LogP contribution in [0.5, 0.6) is 0 Å². The molecule has 1 unspecified atom stereocenters. The highest BCUT2D eigenvalue weighted by Crippen LogP contribution is 2.37. The third-order valence-electron chi connectivity index (χ3n) is 4.33. The summed E-state index contributed by atoms with van der Waals surface area (Å²) in [5.74, 6) is 0. The lowest BCUT2D eigenvalue weighted by Gasteiger charge is -2.29. The molecule has 0 aromatic heterocycles. The molecule has 1 fully saturated rings. The number of hydrogen-bond donors (Lipinski definition) is 2. The van der Waals surface area contributed by atoms with Crippen molar-refractivity contribution in [3.05, 3.63) is 35.4 Å². The highest BCUT2D eigenvalue weighted by Gasteiger charge is 2.33. The number of aliphatic hydroxyl groups is 1. The van der Waals surface area contributed by atoms with Gasteiger partial charge in [0.2, 0.25) is 0 Å². The smallest absolute Gasteiger partial charge is 0.0499 e. The Morgan fingerprint density at radius 1 is 1.33 bits per heavy atom. The van der Waals surface area contributed by atoms with Crippen LogP contribution < -0.4 is 5.32 Å². The van der Waals surface area contributed by atoms with Gasteiger partial charge in [-0.3, -0.25) is 0 Å². The van der Waals surface area contributed by atoms with Gasteiger partial charge in [0.05, 0.1) is 0 Å². The summed E-state index contributed by atoms with van der Waals surface area (Å²) in [6, 6.07) is 9.00. The molecule has 0 saturated heterocycles. The van der Waals surface area contributed by atoms with Crippen molar-refractivity contribution in [2.24, 2.45) is 5.41 Å². The number of aliphatic hydroxyl groups excluding tert-OH is 1. The molecule has 2 rings (SSSR count). The number of aryl methyl sites for hydroxylation is 1. The molecule has 2 N–H and O–H groups in total. The van der Waals surface area contributed by atoms with Crippen molar-refractivity contribution in [2.45, 2.75) is 45.6 Å². The van der Waals surface area contributed by atoms with E-state index in [0.717, 1.165) is 19.4 Å². The minimum Gasteiger partial charge on any atom is -0.396 e. The minimum atomic E-state index is 0.137. The summed E-state index contributed by atoms with van der Waals surface area (Å²) in [6.07, 6.45) is 4.86. The van der Waals surface area contributed by atoms with Crippen LogP contribution in [0, 0.1) is 12.3 Å². The molecule has 0 amide bonds. The summed E-state index contributed by atoms with van der Waals surface area (Å²) >= 11 is 0. The molecular formula is C16H25NO. The first-order valence-corrected chi connectivity index (χ1v) is 7.06. The minimum absolute atomic E-state index is 0.137. The summed E-state index contributed by atoms with van der Waals surface area (Å²) < 4.78 is 0. The van der Waals surface area contributed by atoms with Gasteiger partial charge in [-0.05, 0) is 32.3 Å². The second-order valence-corrected chi connectivity index (χ2v) is 5.88. The molecule has 1 aromatic rings. The topological polar surface area (TPSA) is 32.3 Å². The average molecular weight is 247 g/mol. The molecule has 1 saturated carbocycles. The SMILES string of the molecule is Cc1cccc(C(C)NCC2(CO)CCCC2)c1. The van der Waals surface area contributed by atoms with Crippen molar-refractivity contribution < 1.29 is 5.11 Å². The van der Waals surface area contributed by atoms with Crippen LogP contribution in [-0.4, -0.2) is 18.3 Å².